The Morgan fingerprint density at radius 2 is 0.944 bits per heavy atom. The molecule has 36 heavy (non-hydrogen) atoms. The van der Waals surface area contributed by atoms with Gasteiger partial charge < -0.3 is 9.47 Å². The predicted octanol–water partition coefficient (Wildman–Crippen LogP) is 8.88. The second-order valence-electron chi connectivity index (χ2n) is 8.34. The third-order valence-corrected chi connectivity index (χ3v) is 5.75. The van der Waals surface area contributed by atoms with Crippen molar-refractivity contribution in [2.45, 2.75) is 6.92 Å². The molecule has 4 heteroatoms. The summed E-state index contributed by atoms with van der Waals surface area (Å²) in [6.45, 7) is 2.09. The van der Waals surface area contributed by atoms with Gasteiger partial charge in [0.05, 0.1) is 5.69 Å². The molecule has 0 spiro atoms. The molecule has 0 aromatic heterocycles. The van der Waals surface area contributed by atoms with Crippen molar-refractivity contribution in [2.75, 3.05) is 0 Å². The lowest BCUT2D eigenvalue weighted by Gasteiger charge is -2.10. The van der Waals surface area contributed by atoms with Crippen LogP contribution in [0.15, 0.2) is 126 Å². The standard InChI is InChI=1S/C32H23NO3/c1-23-5-7-24(8-6-23)26-11-17-29(18-12-26)35-31-3-2-4-32(21-31)36-30-19-13-27(14-20-30)25-9-15-28(16-10-25)33-22-34/h2-21H,1H3. The van der Waals surface area contributed by atoms with Crippen LogP contribution in [0.3, 0.4) is 0 Å². The summed E-state index contributed by atoms with van der Waals surface area (Å²) in [6.07, 6.45) is 1.55. The summed E-state index contributed by atoms with van der Waals surface area (Å²) < 4.78 is 12.1. The first-order chi connectivity index (χ1) is 17.7. The number of nitrogens with zero attached hydrogens (tertiary/aromatic N) is 1. The van der Waals surface area contributed by atoms with Gasteiger partial charge in [-0.2, -0.15) is 4.99 Å². The molecule has 0 amide bonds. The highest BCUT2D eigenvalue weighted by Gasteiger charge is 2.05. The molecule has 5 rings (SSSR count). The van der Waals surface area contributed by atoms with Crippen molar-refractivity contribution < 1.29 is 14.3 Å². The molecule has 0 heterocycles. The summed E-state index contributed by atoms with van der Waals surface area (Å²) in [5, 5.41) is 0. The molecule has 0 aliphatic heterocycles. The first-order valence-corrected chi connectivity index (χ1v) is 11.6. The Bertz CT molecular complexity index is 1500. The second-order valence-corrected chi connectivity index (χ2v) is 8.34. The van der Waals surface area contributed by atoms with Crippen LogP contribution < -0.4 is 9.47 Å². The summed E-state index contributed by atoms with van der Waals surface area (Å²) in [6, 6.07) is 39.3. The first kappa shape index (κ1) is 22.9. The Labute approximate surface area is 210 Å². The van der Waals surface area contributed by atoms with Gasteiger partial charge in [0.25, 0.3) is 0 Å². The molecular weight excluding hydrogens is 446 g/mol. The molecule has 0 aliphatic carbocycles. The van der Waals surface area contributed by atoms with E-state index >= 15 is 0 Å². The Balaban J connectivity index is 1.24. The zero-order valence-electron chi connectivity index (χ0n) is 19.7. The molecule has 174 valence electrons. The topological polar surface area (TPSA) is 47.9 Å². The number of hydrogen-bond acceptors (Lipinski definition) is 4. The van der Waals surface area contributed by atoms with E-state index in [9.17, 15) is 4.79 Å². The Morgan fingerprint density at radius 1 is 0.528 bits per heavy atom. The van der Waals surface area contributed by atoms with Gasteiger partial charge in [0.1, 0.15) is 23.0 Å². The molecule has 0 radical (unpaired) electrons. The van der Waals surface area contributed by atoms with Crippen molar-refractivity contribution in [1.29, 1.82) is 0 Å². The van der Waals surface area contributed by atoms with Gasteiger partial charge in [-0.25, -0.2) is 4.79 Å². The minimum absolute atomic E-state index is 0.581. The molecule has 0 saturated carbocycles. The fraction of sp³-hybridized carbons (Fsp3) is 0.0312. The maximum absolute atomic E-state index is 10.4. The molecule has 0 N–H and O–H groups in total. The zero-order chi connectivity index (χ0) is 24.7. The van der Waals surface area contributed by atoms with Crippen LogP contribution in [-0.4, -0.2) is 6.08 Å². The molecular formula is C32H23NO3. The number of aryl methyl sites for hydroxylation is 1. The van der Waals surface area contributed by atoms with E-state index in [1.807, 2.05) is 72.8 Å². The van der Waals surface area contributed by atoms with Crippen molar-refractivity contribution in [3.63, 3.8) is 0 Å². The molecule has 0 saturated heterocycles. The molecule has 0 aliphatic rings. The molecule has 4 nitrogen and oxygen atoms in total. The van der Waals surface area contributed by atoms with Crippen LogP contribution in [0.4, 0.5) is 5.69 Å². The predicted molar refractivity (Wildman–Crippen MR) is 143 cm³/mol. The zero-order valence-corrected chi connectivity index (χ0v) is 19.7. The Hall–Kier alpha value is -4.92. The number of benzene rings is 5. The number of isocyanates is 1. The van der Waals surface area contributed by atoms with Gasteiger partial charge in [0.2, 0.25) is 6.08 Å². The van der Waals surface area contributed by atoms with Crippen LogP contribution in [0.1, 0.15) is 5.56 Å². The van der Waals surface area contributed by atoms with Gasteiger partial charge in [0, 0.05) is 6.07 Å². The first-order valence-electron chi connectivity index (χ1n) is 11.6. The lowest BCUT2D eigenvalue weighted by atomic mass is 10.0. The largest absolute Gasteiger partial charge is 0.457 e. The normalized spacial score (nSPS) is 10.4. The number of hydrogen-bond donors (Lipinski definition) is 0. The van der Waals surface area contributed by atoms with Crippen molar-refractivity contribution in [2.24, 2.45) is 4.99 Å². The number of aliphatic imine (C=N–C) groups is 1. The van der Waals surface area contributed by atoms with E-state index in [-0.39, 0.29) is 0 Å². The third-order valence-electron chi connectivity index (χ3n) is 5.75. The van der Waals surface area contributed by atoms with Crippen molar-refractivity contribution >= 4 is 11.8 Å². The quantitative estimate of drug-likeness (QED) is 0.177. The highest BCUT2D eigenvalue weighted by atomic mass is 16.5. The molecule has 0 atom stereocenters. The molecule has 0 fully saturated rings. The van der Waals surface area contributed by atoms with Crippen molar-refractivity contribution in [1.82, 2.24) is 0 Å². The average molecular weight is 470 g/mol. The van der Waals surface area contributed by atoms with E-state index in [2.05, 4.69) is 48.3 Å². The van der Waals surface area contributed by atoms with Gasteiger partial charge >= 0.3 is 0 Å². The van der Waals surface area contributed by atoms with Crippen LogP contribution in [0.5, 0.6) is 23.0 Å². The fourth-order valence-corrected chi connectivity index (χ4v) is 3.83. The molecule has 0 unspecified atom stereocenters. The third kappa shape index (κ3) is 5.58. The summed E-state index contributed by atoms with van der Waals surface area (Å²) in [4.78, 5) is 14.0. The van der Waals surface area contributed by atoms with Gasteiger partial charge in [-0.3, -0.25) is 0 Å². The fourth-order valence-electron chi connectivity index (χ4n) is 3.83. The summed E-state index contributed by atoms with van der Waals surface area (Å²) in [7, 11) is 0. The van der Waals surface area contributed by atoms with E-state index in [4.69, 9.17) is 9.47 Å². The Morgan fingerprint density at radius 3 is 1.39 bits per heavy atom. The van der Waals surface area contributed by atoms with Crippen LogP contribution in [-0.2, 0) is 4.79 Å². The smallest absolute Gasteiger partial charge is 0.240 e. The number of ether oxygens (including phenoxy) is 2. The number of rotatable bonds is 7. The lowest BCUT2D eigenvalue weighted by Crippen LogP contribution is -1.88. The van der Waals surface area contributed by atoms with E-state index < -0.39 is 0 Å². The second kappa shape index (κ2) is 10.6. The maximum Gasteiger partial charge on any atom is 0.240 e. The SMILES string of the molecule is Cc1ccc(-c2ccc(Oc3cccc(Oc4ccc(-c5ccc(N=C=O)cc5)cc4)c3)cc2)cc1. The van der Waals surface area contributed by atoms with Crippen LogP contribution in [0.2, 0.25) is 0 Å². The average Bonchev–Trinajstić information content (AvgIpc) is 2.91. The van der Waals surface area contributed by atoms with Crippen LogP contribution in [0, 0.1) is 6.92 Å². The highest BCUT2D eigenvalue weighted by Crippen LogP contribution is 2.31. The highest BCUT2D eigenvalue weighted by molar-refractivity contribution is 5.67. The minimum atomic E-state index is 0.581. The van der Waals surface area contributed by atoms with Crippen molar-refractivity contribution in [3.05, 3.63) is 127 Å². The summed E-state index contributed by atoms with van der Waals surface area (Å²) in [5.41, 5.74) is 6.21. The van der Waals surface area contributed by atoms with Crippen LogP contribution >= 0.6 is 0 Å². The van der Waals surface area contributed by atoms with Crippen LogP contribution in [0.25, 0.3) is 22.3 Å². The maximum atomic E-state index is 10.4. The monoisotopic (exact) mass is 469 g/mol. The van der Waals surface area contributed by atoms with E-state index in [1.54, 1.807) is 18.2 Å². The number of carbonyl (C=O) groups excluding carboxylic acids is 1. The Kier molecular flexibility index (Phi) is 6.70. The summed E-state index contributed by atoms with van der Waals surface area (Å²) in [5.74, 6) is 2.87. The molecule has 5 aromatic rings. The van der Waals surface area contributed by atoms with Gasteiger partial charge in [-0.1, -0.05) is 72.3 Å². The van der Waals surface area contributed by atoms with E-state index in [0.29, 0.717) is 17.2 Å². The van der Waals surface area contributed by atoms with Crippen molar-refractivity contribution in [3.8, 4) is 45.3 Å². The van der Waals surface area contributed by atoms with Gasteiger partial charge in [-0.05, 0) is 77.7 Å². The minimum Gasteiger partial charge on any atom is -0.457 e. The van der Waals surface area contributed by atoms with Gasteiger partial charge in [-0.15, -0.1) is 0 Å². The van der Waals surface area contributed by atoms with E-state index in [0.717, 1.165) is 28.2 Å². The summed E-state index contributed by atoms with van der Waals surface area (Å²) >= 11 is 0. The lowest BCUT2D eigenvalue weighted by molar-refractivity contribution is 0.460. The van der Waals surface area contributed by atoms with Gasteiger partial charge in [0.15, 0.2) is 0 Å². The molecule has 5 aromatic carbocycles. The van der Waals surface area contributed by atoms with E-state index in [1.165, 1.54) is 11.1 Å². The molecule has 0 bridgehead atoms.